The van der Waals surface area contributed by atoms with Gasteiger partial charge >= 0.3 is 0 Å². The summed E-state index contributed by atoms with van der Waals surface area (Å²) in [5.41, 5.74) is 2.66. The lowest BCUT2D eigenvalue weighted by molar-refractivity contribution is 0.368. The number of nitriles is 2. The van der Waals surface area contributed by atoms with Crippen LogP contribution in [0.5, 0.6) is 5.75 Å². The molecule has 4 heteroatoms. The van der Waals surface area contributed by atoms with Crippen molar-refractivity contribution in [1.29, 1.82) is 10.5 Å². The van der Waals surface area contributed by atoms with Crippen LogP contribution in [-0.4, -0.2) is 6.61 Å². The first-order chi connectivity index (χ1) is 9.81. The largest absolute Gasteiger partial charge is 0.479 e. The summed E-state index contributed by atoms with van der Waals surface area (Å²) in [7, 11) is 0. The number of anilines is 1. The summed E-state index contributed by atoms with van der Waals surface area (Å²) in [4.78, 5) is 0. The molecule has 0 heterocycles. The Balaban J connectivity index is 1.94. The molecule has 0 aliphatic carbocycles. The molecule has 20 heavy (non-hydrogen) atoms. The van der Waals surface area contributed by atoms with Crippen molar-refractivity contribution >= 4 is 5.69 Å². The van der Waals surface area contributed by atoms with Crippen molar-refractivity contribution in [3.05, 3.63) is 59.7 Å². The normalized spacial score (nSPS) is 9.30. The number of hydrogen-bond donors (Lipinski definition) is 1. The molecule has 2 rings (SSSR count). The predicted molar refractivity (Wildman–Crippen MR) is 76.0 cm³/mol. The van der Waals surface area contributed by atoms with E-state index in [1.54, 1.807) is 6.07 Å². The maximum Gasteiger partial charge on any atom is 0.174 e. The molecular weight excluding hydrogens is 250 g/mol. The summed E-state index contributed by atoms with van der Waals surface area (Å²) in [5.74, 6) is 0.670. The van der Waals surface area contributed by atoms with Gasteiger partial charge in [-0.05, 0) is 42.0 Å². The van der Waals surface area contributed by atoms with E-state index in [1.807, 2.05) is 48.5 Å². The molecule has 0 saturated carbocycles. The van der Waals surface area contributed by atoms with Crippen LogP contribution in [0, 0.1) is 22.7 Å². The zero-order valence-electron chi connectivity index (χ0n) is 10.8. The minimum Gasteiger partial charge on any atom is -0.479 e. The van der Waals surface area contributed by atoms with Crippen molar-refractivity contribution in [3.63, 3.8) is 0 Å². The van der Waals surface area contributed by atoms with Gasteiger partial charge < -0.3 is 10.1 Å². The lowest BCUT2D eigenvalue weighted by atomic mass is 10.1. The van der Waals surface area contributed by atoms with Crippen molar-refractivity contribution < 1.29 is 4.74 Å². The molecule has 4 nitrogen and oxygen atoms in total. The van der Waals surface area contributed by atoms with Gasteiger partial charge in [0.25, 0.3) is 0 Å². The Kier molecular flexibility index (Phi) is 4.59. The predicted octanol–water partition coefficient (Wildman–Crippen LogP) is 3.07. The molecule has 0 saturated heterocycles. The third-order valence-electron chi connectivity index (χ3n) is 2.71. The van der Waals surface area contributed by atoms with Gasteiger partial charge in [0.05, 0.1) is 11.6 Å². The van der Waals surface area contributed by atoms with E-state index >= 15 is 0 Å². The summed E-state index contributed by atoms with van der Waals surface area (Å²) in [6.45, 7) is 0.696. The van der Waals surface area contributed by atoms with E-state index in [-0.39, 0.29) is 6.61 Å². The fourth-order valence-electron chi connectivity index (χ4n) is 1.74. The highest BCUT2D eigenvalue weighted by Gasteiger charge is 1.97. The highest BCUT2D eigenvalue weighted by molar-refractivity contribution is 5.47. The Bertz CT molecular complexity index is 651. The zero-order valence-corrected chi connectivity index (χ0v) is 10.8. The maximum absolute atomic E-state index is 8.84. The van der Waals surface area contributed by atoms with E-state index in [9.17, 15) is 0 Å². The molecule has 2 aromatic carbocycles. The molecule has 98 valence electrons. The minimum atomic E-state index is 0.0493. The quantitative estimate of drug-likeness (QED) is 0.900. The van der Waals surface area contributed by atoms with E-state index in [0.29, 0.717) is 17.9 Å². The van der Waals surface area contributed by atoms with Crippen LogP contribution in [0.2, 0.25) is 0 Å². The zero-order chi connectivity index (χ0) is 14.2. The van der Waals surface area contributed by atoms with E-state index in [4.69, 9.17) is 15.3 Å². The summed E-state index contributed by atoms with van der Waals surface area (Å²) in [5, 5.41) is 20.5. The first-order valence-corrected chi connectivity index (χ1v) is 6.14. The molecule has 0 fully saturated rings. The van der Waals surface area contributed by atoms with E-state index in [1.165, 1.54) is 0 Å². The molecule has 0 aliphatic rings. The highest BCUT2D eigenvalue weighted by atomic mass is 16.5. The standard InChI is InChI=1S/C16H13N3O/c17-8-9-20-16-6-4-15(5-7-16)19-12-14-3-1-2-13(10-14)11-18/h1-7,10,19H,9,12H2. The van der Waals surface area contributed by atoms with Gasteiger partial charge in [0, 0.05) is 12.2 Å². The molecule has 0 unspecified atom stereocenters. The Morgan fingerprint density at radius 3 is 2.55 bits per heavy atom. The SMILES string of the molecule is N#CCOc1ccc(NCc2cccc(C#N)c2)cc1. The number of ether oxygens (including phenoxy) is 1. The molecule has 1 N–H and O–H groups in total. The Hall–Kier alpha value is -2.98. The van der Waals surface area contributed by atoms with Crippen LogP contribution in [0.15, 0.2) is 48.5 Å². The van der Waals surface area contributed by atoms with Crippen molar-refractivity contribution in [2.45, 2.75) is 6.54 Å². The van der Waals surface area contributed by atoms with Crippen LogP contribution in [0.4, 0.5) is 5.69 Å². The van der Waals surface area contributed by atoms with Crippen molar-refractivity contribution in [2.24, 2.45) is 0 Å². The molecule has 0 bridgehead atoms. The van der Waals surface area contributed by atoms with E-state index < -0.39 is 0 Å². The van der Waals surface area contributed by atoms with Crippen LogP contribution in [-0.2, 0) is 6.54 Å². The first-order valence-electron chi connectivity index (χ1n) is 6.14. The van der Waals surface area contributed by atoms with Gasteiger partial charge in [-0.15, -0.1) is 0 Å². The van der Waals surface area contributed by atoms with Crippen molar-refractivity contribution in [3.8, 4) is 17.9 Å². The average molecular weight is 263 g/mol. The summed E-state index contributed by atoms with van der Waals surface area (Å²) >= 11 is 0. The highest BCUT2D eigenvalue weighted by Crippen LogP contribution is 2.16. The molecule has 0 aliphatic heterocycles. The molecule has 2 aromatic rings. The fourth-order valence-corrected chi connectivity index (χ4v) is 1.74. The molecule has 0 aromatic heterocycles. The fraction of sp³-hybridized carbons (Fsp3) is 0.125. The second kappa shape index (κ2) is 6.82. The van der Waals surface area contributed by atoms with Gasteiger partial charge in [0.2, 0.25) is 0 Å². The van der Waals surface area contributed by atoms with Gasteiger partial charge in [-0.3, -0.25) is 0 Å². The lowest BCUT2D eigenvalue weighted by Crippen LogP contribution is -2.00. The first kappa shape index (κ1) is 13.5. The van der Waals surface area contributed by atoms with Gasteiger partial charge in [-0.2, -0.15) is 10.5 Å². The molecule has 0 atom stereocenters. The van der Waals surface area contributed by atoms with Gasteiger partial charge in [-0.1, -0.05) is 12.1 Å². The second-order valence-electron chi connectivity index (χ2n) is 4.14. The van der Waals surface area contributed by atoms with Gasteiger partial charge in [-0.25, -0.2) is 0 Å². The van der Waals surface area contributed by atoms with Crippen LogP contribution < -0.4 is 10.1 Å². The molecule has 0 radical (unpaired) electrons. The average Bonchev–Trinajstić information content (AvgIpc) is 2.52. The molecule has 0 spiro atoms. The summed E-state index contributed by atoms with van der Waals surface area (Å²) in [6.07, 6.45) is 0. The number of rotatable bonds is 5. The Morgan fingerprint density at radius 1 is 1.05 bits per heavy atom. The van der Waals surface area contributed by atoms with Crippen molar-refractivity contribution in [1.82, 2.24) is 0 Å². The third kappa shape index (κ3) is 3.76. The second-order valence-corrected chi connectivity index (χ2v) is 4.14. The summed E-state index contributed by atoms with van der Waals surface area (Å²) < 4.78 is 5.18. The van der Waals surface area contributed by atoms with E-state index in [2.05, 4.69) is 11.4 Å². The molecule has 0 amide bonds. The van der Waals surface area contributed by atoms with Gasteiger partial charge in [0.15, 0.2) is 6.61 Å². The number of hydrogen-bond acceptors (Lipinski definition) is 4. The van der Waals surface area contributed by atoms with E-state index in [0.717, 1.165) is 11.3 Å². The molecular formula is C16H13N3O. The van der Waals surface area contributed by atoms with Crippen molar-refractivity contribution in [2.75, 3.05) is 11.9 Å². The number of nitrogens with one attached hydrogen (secondary N) is 1. The number of nitrogens with zero attached hydrogens (tertiary/aromatic N) is 2. The van der Waals surface area contributed by atoms with Crippen LogP contribution in [0.25, 0.3) is 0 Å². The Morgan fingerprint density at radius 2 is 1.85 bits per heavy atom. The topological polar surface area (TPSA) is 68.8 Å². The summed E-state index contributed by atoms with van der Waals surface area (Å²) in [6, 6.07) is 18.9. The van der Waals surface area contributed by atoms with Gasteiger partial charge in [0.1, 0.15) is 11.8 Å². The van der Waals surface area contributed by atoms with Crippen LogP contribution in [0.1, 0.15) is 11.1 Å². The third-order valence-corrected chi connectivity index (χ3v) is 2.71. The number of benzene rings is 2. The smallest absolute Gasteiger partial charge is 0.174 e. The Labute approximate surface area is 117 Å². The minimum absolute atomic E-state index is 0.0493. The monoisotopic (exact) mass is 263 g/mol. The maximum atomic E-state index is 8.84. The van der Waals surface area contributed by atoms with Crippen LogP contribution >= 0.6 is 0 Å². The lowest BCUT2D eigenvalue weighted by Gasteiger charge is -2.08. The van der Waals surface area contributed by atoms with Crippen LogP contribution in [0.3, 0.4) is 0 Å².